The Hall–Kier alpha value is -1.14. The van der Waals surface area contributed by atoms with Crippen LogP contribution in [0.3, 0.4) is 0 Å². The van der Waals surface area contributed by atoms with Crippen molar-refractivity contribution >= 4 is 12.4 Å². The number of rotatable bonds is 46. The highest BCUT2D eigenvalue weighted by molar-refractivity contribution is 5.69. The van der Waals surface area contributed by atoms with Crippen LogP contribution < -0.4 is 0 Å². The second-order valence-corrected chi connectivity index (χ2v) is 17.8. The summed E-state index contributed by atoms with van der Waals surface area (Å²) >= 11 is 0. The lowest BCUT2D eigenvalue weighted by molar-refractivity contribution is -0.144. The molecule has 0 aromatic heterocycles. The number of ether oxygens (including phenoxy) is 2. The molecule has 348 valence electrons. The summed E-state index contributed by atoms with van der Waals surface area (Å²) in [6.07, 6.45) is 47.6. The lowest BCUT2D eigenvalue weighted by Crippen LogP contribution is -2.25. The molecule has 0 bridgehead atoms. The van der Waals surface area contributed by atoms with Gasteiger partial charge in [-0.2, -0.15) is 0 Å². The second kappa shape index (κ2) is 50.2. The maximum atomic E-state index is 12.4. The van der Waals surface area contributed by atoms with Crippen LogP contribution in [0.4, 0.5) is 0 Å². The fourth-order valence-corrected chi connectivity index (χ4v) is 8.61. The van der Waals surface area contributed by atoms with E-state index in [0.29, 0.717) is 19.1 Å². The SMILES string of the molecule is CCCCCC(CCCCC)CCCCCCCCCCC(CCCCCCCCC(=O)OCCC(CCCCC)CCCCC)OCCCN(CC)CC.O=CO. The van der Waals surface area contributed by atoms with Gasteiger partial charge in [-0.1, -0.05) is 234 Å². The van der Waals surface area contributed by atoms with Crippen LogP contribution in [-0.4, -0.2) is 61.4 Å². The van der Waals surface area contributed by atoms with Crippen LogP contribution in [0.5, 0.6) is 0 Å². The Kier molecular flexibility index (Phi) is 51.0. The minimum atomic E-state index is -0.250. The first-order valence-electron chi connectivity index (χ1n) is 26.0. The third-order valence-corrected chi connectivity index (χ3v) is 12.6. The molecule has 6 nitrogen and oxygen atoms in total. The van der Waals surface area contributed by atoms with Crippen molar-refractivity contribution in [1.29, 1.82) is 0 Å². The van der Waals surface area contributed by atoms with Gasteiger partial charge >= 0.3 is 5.97 Å². The van der Waals surface area contributed by atoms with Crippen LogP contribution >= 0.6 is 0 Å². The molecule has 6 heteroatoms. The van der Waals surface area contributed by atoms with E-state index in [0.717, 1.165) is 63.8 Å². The van der Waals surface area contributed by atoms with Crippen LogP contribution in [-0.2, 0) is 19.1 Å². The lowest BCUT2D eigenvalue weighted by Gasteiger charge is -2.21. The molecule has 0 aromatic rings. The molecule has 0 fully saturated rings. The molecule has 1 N–H and O–H groups in total. The largest absolute Gasteiger partial charge is 0.483 e. The molecule has 0 rings (SSSR count). The number of unbranched alkanes of at least 4 members (excludes halogenated alkanes) is 20. The van der Waals surface area contributed by atoms with Crippen molar-refractivity contribution in [3.63, 3.8) is 0 Å². The topological polar surface area (TPSA) is 76.1 Å². The summed E-state index contributed by atoms with van der Waals surface area (Å²) in [6.45, 7) is 18.5. The van der Waals surface area contributed by atoms with Gasteiger partial charge in [0.25, 0.3) is 6.47 Å². The summed E-state index contributed by atoms with van der Waals surface area (Å²) < 4.78 is 12.2. The summed E-state index contributed by atoms with van der Waals surface area (Å²) in [4.78, 5) is 23.3. The minimum absolute atomic E-state index is 0.0246. The van der Waals surface area contributed by atoms with E-state index in [2.05, 4.69) is 46.4 Å². The minimum Gasteiger partial charge on any atom is -0.483 e. The standard InChI is InChI=1S/C51H103NO3.CH2O2/c1-7-13-27-36-48(37-28-14-8-2)40-31-23-19-17-18-20-24-32-41-50(54-46-35-45-52(11-5)12-6)42-33-25-21-22-26-34-43-51(53)55-47-44-49(38-29-15-9-3)39-30-16-10-4;2-1-3/h48-50H,7-47H2,1-6H3;1H,(H,2,3). The van der Waals surface area contributed by atoms with Crippen molar-refractivity contribution in [2.75, 3.05) is 32.8 Å². The maximum absolute atomic E-state index is 12.4. The van der Waals surface area contributed by atoms with Crippen molar-refractivity contribution in [2.24, 2.45) is 11.8 Å². The van der Waals surface area contributed by atoms with E-state index >= 15 is 0 Å². The van der Waals surface area contributed by atoms with Gasteiger partial charge in [0.15, 0.2) is 0 Å². The first-order valence-corrected chi connectivity index (χ1v) is 26.0. The number of carboxylic acid groups (broad SMARTS) is 1. The molecule has 1 atom stereocenters. The molecule has 0 saturated heterocycles. The molecule has 0 heterocycles. The van der Waals surface area contributed by atoms with Crippen LogP contribution in [0.2, 0.25) is 0 Å². The van der Waals surface area contributed by atoms with E-state index in [4.69, 9.17) is 19.4 Å². The zero-order chi connectivity index (χ0) is 43.0. The highest BCUT2D eigenvalue weighted by atomic mass is 16.5. The van der Waals surface area contributed by atoms with Gasteiger partial charge in [-0.3, -0.25) is 9.59 Å². The van der Waals surface area contributed by atoms with Crippen LogP contribution in [0.25, 0.3) is 0 Å². The van der Waals surface area contributed by atoms with Crippen molar-refractivity contribution in [3.05, 3.63) is 0 Å². The smallest absolute Gasteiger partial charge is 0.305 e. The van der Waals surface area contributed by atoms with Crippen LogP contribution in [0.1, 0.15) is 273 Å². The van der Waals surface area contributed by atoms with Crippen molar-refractivity contribution in [2.45, 2.75) is 279 Å². The molecule has 0 aliphatic heterocycles. The number of hydrogen-bond donors (Lipinski definition) is 1. The zero-order valence-corrected chi connectivity index (χ0v) is 40.3. The molecule has 0 saturated carbocycles. The highest BCUT2D eigenvalue weighted by Gasteiger charge is 2.13. The van der Waals surface area contributed by atoms with E-state index in [-0.39, 0.29) is 12.4 Å². The molecule has 1 unspecified atom stereocenters. The first kappa shape index (κ1) is 59.0. The third kappa shape index (κ3) is 44.4. The predicted octanol–water partition coefficient (Wildman–Crippen LogP) is 16.3. The summed E-state index contributed by atoms with van der Waals surface area (Å²) in [7, 11) is 0. The normalized spacial score (nSPS) is 12.0. The van der Waals surface area contributed by atoms with Gasteiger partial charge in [0.2, 0.25) is 0 Å². The lowest BCUT2D eigenvalue weighted by atomic mass is 9.90. The molecule has 0 aliphatic carbocycles. The quantitative estimate of drug-likeness (QED) is 0.0374. The molecule has 58 heavy (non-hydrogen) atoms. The first-order chi connectivity index (χ1) is 28.4. The fraction of sp³-hybridized carbons (Fsp3) is 0.962. The number of carbonyl (C=O) groups is 2. The van der Waals surface area contributed by atoms with Crippen LogP contribution in [0, 0.1) is 11.8 Å². The molecule has 0 amide bonds. The molecule has 0 radical (unpaired) electrons. The average Bonchev–Trinajstić information content (AvgIpc) is 3.22. The number of hydrogen-bond acceptors (Lipinski definition) is 5. The number of esters is 1. The Balaban J connectivity index is 0. The van der Waals surface area contributed by atoms with Crippen molar-refractivity contribution in [1.82, 2.24) is 4.90 Å². The zero-order valence-electron chi connectivity index (χ0n) is 40.3. The van der Waals surface area contributed by atoms with Gasteiger partial charge in [-0.25, -0.2) is 0 Å². The summed E-state index contributed by atoms with van der Waals surface area (Å²) in [5.41, 5.74) is 0. The summed E-state index contributed by atoms with van der Waals surface area (Å²) in [6, 6.07) is 0. The molecule has 0 aliphatic rings. The van der Waals surface area contributed by atoms with Crippen LogP contribution in [0.15, 0.2) is 0 Å². The van der Waals surface area contributed by atoms with Crippen molar-refractivity contribution in [3.8, 4) is 0 Å². The Morgan fingerprint density at radius 3 is 1.21 bits per heavy atom. The Bertz CT molecular complexity index is 770. The van der Waals surface area contributed by atoms with Gasteiger partial charge in [0.1, 0.15) is 0 Å². The number of carbonyl (C=O) groups excluding carboxylic acids is 1. The van der Waals surface area contributed by atoms with E-state index in [1.54, 1.807) is 0 Å². The summed E-state index contributed by atoms with van der Waals surface area (Å²) in [5.74, 6) is 1.76. The van der Waals surface area contributed by atoms with E-state index in [1.165, 1.54) is 199 Å². The Morgan fingerprint density at radius 1 is 0.466 bits per heavy atom. The van der Waals surface area contributed by atoms with Gasteiger partial charge in [-0.05, 0) is 57.0 Å². The Morgan fingerprint density at radius 2 is 0.810 bits per heavy atom. The van der Waals surface area contributed by atoms with E-state index < -0.39 is 0 Å². The van der Waals surface area contributed by atoms with Gasteiger partial charge < -0.3 is 19.5 Å². The van der Waals surface area contributed by atoms with Gasteiger partial charge in [0, 0.05) is 19.6 Å². The third-order valence-electron chi connectivity index (χ3n) is 12.6. The maximum Gasteiger partial charge on any atom is 0.305 e. The molecular weight excluding hydrogens is 719 g/mol. The highest BCUT2D eigenvalue weighted by Crippen LogP contribution is 2.25. The van der Waals surface area contributed by atoms with E-state index in [9.17, 15) is 4.79 Å². The van der Waals surface area contributed by atoms with Gasteiger partial charge in [-0.15, -0.1) is 0 Å². The van der Waals surface area contributed by atoms with Gasteiger partial charge in [0.05, 0.1) is 12.7 Å². The second-order valence-electron chi connectivity index (χ2n) is 17.8. The molecule has 0 aromatic carbocycles. The fourth-order valence-electron chi connectivity index (χ4n) is 8.61. The summed E-state index contributed by atoms with van der Waals surface area (Å²) in [5, 5.41) is 6.89. The Labute approximate surface area is 363 Å². The predicted molar refractivity (Wildman–Crippen MR) is 253 cm³/mol. The average molecular weight is 824 g/mol. The molecular formula is C52H105NO5. The van der Waals surface area contributed by atoms with Crippen molar-refractivity contribution < 1.29 is 24.2 Å². The monoisotopic (exact) mass is 824 g/mol. The van der Waals surface area contributed by atoms with E-state index in [1.807, 2.05) is 0 Å². The molecule has 0 spiro atoms. The number of nitrogens with zero attached hydrogens (tertiary/aromatic N) is 1.